The molecule has 0 bridgehead atoms. The van der Waals surface area contributed by atoms with Crippen molar-refractivity contribution >= 4 is 40.2 Å². The van der Waals surface area contributed by atoms with Crippen LogP contribution in [0.25, 0.3) is 17.0 Å². The number of hydrogen-bond acceptors (Lipinski definition) is 6. The molecule has 0 saturated carbocycles. The molecule has 0 unspecified atom stereocenters. The molecular weight excluding hydrogens is 571 g/mol. The number of alkyl halides is 3. The predicted octanol–water partition coefficient (Wildman–Crippen LogP) is 7.44. The van der Waals surface area contributed by atoms with Crippen LogP contribution in [0.1, 0.15) is 41.6 Å². The lowest BCUT2D eigenvalue weighted by atomic mass is 10.1. The van der Waals surface area contributed by atoms with Crippen molar-refractivity contribution in [2.45, 2.75) is 25.9 Å². The van der Waals surface area contributed by atoms with Crippen LogP contribution in [0.5, 0.6) is 17.4 Å². The van der Waals surface area contributed by atoms with Crippen LogP contribution in [0.4, 0.5) is 18.9 Å². The van der Waals surface area contributed by atoms with Crippen LogP contribution in [0.2, 0.25) is 5.02 Å². The lowest BCUT2D eigenvalue weighted by Crippen LogP contribution is -2.17. The molecule has 0 radical (unpaired) electrons. The van der Waals surface area contributed by atoms with Gasteiger partial charge >= 0.3 is 6.18 Å². The van der Waals surface area contributed by atoms with Gasteiger partial charge in [-0.15, -0.1) is 0 Å². The number of methoxy groups -OCH3 is 1. The number of carbonyl (C=O) groups is 1. The summed E-state index contributed by atoms with van der Waals surface area (Å²) in [6.45, 7) is 3.00. The van der Waals surface area contributed by atoms with E-state index in [0.29, 0.717) is 28.4 Å². The second-order valence-corrected chi connectivity index (χ2v) is 10.2. The zero-order valence-corrected chi connectivity index (χ0v) is 24.6. The Hall–Kier alpha value is -4.09. The highest BCUT2D eigenvalue weighted by Crippen LogP contribution is 2.40. The van der Waals surface area contributed by atoms with Crippen LogP contribution < -0.4 is 14.8 Å². The fourth-order valence-electron chi connectivity index (χ4n) is 4.40. The van der Waals surface area contributed by atoms with E-state index in [9.17, 15) is 18.0 Å². The maximum Gasteiger partial charge on any atom is 0.417 e. The van der Waals surface area contributed by atoms with E-state index in [-0.39, 0.29) is 17.1 Å². The van der Waals surface area contributed by atoms with Crippen molar-refractivity contribution in [3.05, 3.63) is 76.3 Å². The normalized spacial score (nSPS) is 12.2. The molecular formula is C30H31ClF3N5O3. The first-order valence-electron chi connectivity index (χ1n) is 13.1. The standard InChI is InChI=1S/C30H31ClF3N5O3/c1-6-18(11-13-38(2)3)14-26-35-12-10-27(37-26)42-24-9-7-8-19-15-23(39(4)28(19)24)29(40)36-22-16-20(30(32,33)34)21(31)17-25(22)41-5/h7-10,12,14-17H,6,11,13H2,1-5H3,(H,36,40)/b18-14-. The van der Waals surface area contributed by atoms with Crippen LogP contribution in [0.15, 0.2) is 54.2 Å². The summed E-state index contributed by atoms with van der Waals surface area (Å²) in [4.78, 5) is 24.3. The number of anilines is 1. The molecule has 12 heteroatoms. The highest BCUT2D eigenvalue weighted by Gasteiger charge is 2.34. The number of ether oxygens (including phenoxy) is 2. The monoisotopic (exact) mass is 601 g/mol. The average molecular weight is 602 g/mol. The van der Waals surface area contributed by atoms with Gasteiger partial charge in [0.05, 0.1) is 28.9 Å². The summed E-state index contributed by atoms with van der Waals surface area (Å²) in [5, 5.41) is 2.67. The molecule has 222 valence electrons. The predicted molar refractivity (Wildman–Crippen MR) is 157 cm³/mol. The number of halogens is 4. The van der Waals surface area contributed by atoms with E-state index in [1.54, 1.807) is 48.1 Å². The molecule has 4 rings (SSSR count). The Morgan fingerprint density at radius 1 is 1.17 bits per heavy atom. The largest absolute Gasteiger partial charge is 0.495 e. The summed E-state index contributed by atoms with van der Waals surface area (Å²) >= 11 is 5.80. The number of para-hydroxylation sites is 1. The molecule has 0 saturated heterocycles. The van der Waals surface area contributed by atoms with Crippen molar-refractivity contribution in [3.8, 4) is 17.4 Å². The summed E-state index contributed by atoms with van der Waals surface area (Å²) in [7, 11) is 6.98. The fraction of sp³-hybridized carbons (Fsp3) is 0.300. The molecule has 0 atom stereocenters. The minimum absolute atomic E-state index is 0.00861. The van der Waals surface area contributed by atoms with E-state index >= 15 is 0 Å². The number of aryl methyl sites for hydroxylation is 1. The molecule has 2 aromatic heterocycles. The molecule has 8 nitrogen and oxygen atoms in total. The van der Waals surface area contributed by atoms with E-state index in [2.05, 4.69) is 27.1 Å². The Morgan fingerprint density at radius 2 is 1.93 bits per heavy atom. The van der Waals surface area contributed by atoms with Gasteiger partial charge in [0.2, 0.25) is 5.88 Å². The number of aromatic nitrogens is 3. The average Bonchev–Trinajstić information content (AvgIpc) is 3.28. The molecule has 0 spiro atoms. The lowest BCUT2D eigenvalue weighted by Gasteiger charge is -2.15. The van der Waals surface area contributed by atoms with Crippen molar-refractivity contribution in [1.82, 2.24) is 19.4 Å². The first-order chi connectivity index (χ1) is 19.9. The molecule has 1 N–H and O–H groups in total. The van der Waals surface area contributed by atoms with E-state index < -0.39 is 22.7 Å². The molecule has 1 amide bonds. The zero-order valence-electron chi connectivity index (χ0n) is 23.8. The van der Waals surface area contributed by atoms with Gasteiger partial charge in [-0.1, -0.05) is 36.2 Å². The van der Waals surface area contributed by atoms with Gasteiger partial charge in [-0.25, -0.2) is 4.98 Å². The zero-order chi connectivity index (χ0) is 30.6. The molecule has 4 aromatic rings. The van der Waals surface area contributed by atoms with Gasteiger partial charge in [-0.3, -0.25) is 4.79 Å². The third kappa shape index (κ3) is 7.03. The Bertz CT molecular complexity index is 1630. The minimum atomic E-state index is -4.71. The summed E-state index contributed by atoms with van der Waals surface area (Å²) in [5.74, 6) is 0.634. The van der Waals surface area contributed by atoms with E-state index in [1.807, 2.05) is 20.2 Å². The van der Waals surface area contributed by atoms with E-state index in [0.717, 1.165) is 31.5 Å². The molecule has 2 heterocycles. The van der Waals surface area contributed by atoms with E-state index in [4.69, 9.17) is 21.1 Å². The Morgan fingerprint density at radius 3 is 2.60 bits per heavy atom. The Balaban J connectivity index is 1.63. The van der Waals surface area contributed by atoms with E-state index in [1.165, 1.54) is 12.7 Å². The minimum Gasteiger partial charge on any atom is -0.495 e. The van der Waals surface area contributed by atoms with Crippen LogP contribution in [-0.2, 0) is 13.2 Å². The van der Waals surface area contributed by atoms with Crippen molar-refractivity contribution in [2.75, 3.05) is 33.1 Å². The number of nitrogens with zero attached hydrogens (tertiary/aromatic N) is 4. The third-order valence-corrected chi connectivity index (χ3v) is 6.94. The molecule has 0 aliphatic rings. The summed E-state index contributed by atoms with van der Waals surface area (Å²) in [5.41, 5.74) is 0.736. The number of rotatable bonds is 10. The maximum atomic E-state index is 13.5. The number of fused-ring (bicyclic) bond motifs is 1. The number of amides is 1. The summed E-state index contributed by atoms with van der Waals surface area (Å²) in [6.07, 6.45) is 0.624. The Labute approximate surface area is 246 Å². The van der Waals surface area contributed by atoms with Gasteiger partial charge in [-0.05, 0) is 51.2 Å². The molecule has 0 aliphatic carbocycles. The summed E-state index contributed by atoms with van der Waals surface area (Å²) < 4.78 is 53.3. The SMILES string of the molecule is CC/C(=C/c1nccc(Oc2cccc3cc(C(=O)Nc4cc(C(F)(F)F)c(Cl)cc4OC)n(C)c23)n1)CCN(C)C. The van der Waals surface area contributed by atoms with Gasteiger partial charge in [-0.2, -0.15) is 18.2 Å². The number of hydrogen-bond donors (Lipinski definition) is 1. The summed E-state index contributed by atoms with van der Waals surface area (Å²) in [6, 6.07) is 10.4. The van der Waals surface area contributed by atoms with Gasteiger partial charge in [0.15, 0.2) is 11.6 Å². The molecule has 0 aliphatic heterocycles. The fourth-order valence-corrected chi connectivity index (χ4v) is 4.66. The maximum absolute atomic E-state index is 13.5. The third-order valence-electron chi connectivity index (χ3n) is 6.63. The van der Waals surface area contributed by atoms with Crippen molar-refractivity contribution < 1.29 is 27.4 Å². The van der Waals surface area contributed by atoms with Gasteiger partial charge < -0.3 is 24.3 Å². The molecule has 42 heavy (non-hydrogen) atoms. The highest BCUT2D eigenvalue weighted by atomic mass is 35.5. The number of benzene rings is 2. The highest BCUT2D eigenvalue weighted by molar-refractivity contribution is 6.31. The van der Waals surface area contributed by atoms with Crippen LogP contribution in [0, 0.1) is 0 Å². The quantitative estimate of drug-likeness (QED) is 0.203. The smallest absolute Gasteiger partial charge is 0.417 e. The van der Waals surface area contributed by atoms with Crippen molar-refractivity contribution in [3.63, 3.8) is 0 Å². The van der Waals surface area contributed by atoms with Gasteiger partial charge in [0.25, 0.3) is 5.91 Å². The van der Waals surface area contributed by atoms with Crippen LogP contribution in [-0.4, -0.2) is 53.1 Å². The first kappa shape index (κ1) is 30.9. The first-order valence-corrected chi connectivity index (χ1v) is 13.5. The van der Waals surface area contributed by atoms with Gasteiger partial charge in [0, 0.05) is 37.3 Å². The van der Waals surface area contributed by atoms with Crippen LogP contribution in [0.3, 0.4) is 0 Å². The van der Waals surface area contributed by atoms with Crippen LogP contribution >= 0.6 is 11.6 Å². The Kier molecular flexibility index (Phi) is 9.43. The second kappa shape index (κ2) is 12.8. The second-order valence-electron chi connectivity index (χ2n) is 9.83. The van der Waals surface area contributed by atoms with Gasteiger partial charge in [0.1, 0.15) is 11.4 Å². The lowest BCUT2D eigenvalue weighted by molar-refractivity contribution is -0.137. The number of nitrogens with one attached hydrogen (secondary N) is 1. The van der Waals surface area contributed by atoms with Crippen molar-refractivity contribution in [1.29, 1.82) is 0 Å². The molecule has 2 aromatic carbocycles. The topological polar surface area (TPSA) is 81.5 Å². The molecule has 0 fully saturated rings. The van der Waals surface area contributed by atoms with Crippen molar-refractivity contribution in [2.24, 2.45) is 7.05 Å². The number of carbonyl (C=O) groups excluding carboxylic acids is 1.